The molecule has 9 nitrogen and oxygen atoms in total. The number of carboxylic acids is 2. The van der Waals surface area contributed by atoms with Crippen LogP contribution < -0.4 is 10.6 Å². The highest BCUT2D eigenvalue weighted by atomic mass is 32.2. The number of aliphatic carboxylic acids is 2. The SMILES string of the molecule is CC(CCC(=O)NC(CCSc1ccccn1)C(=O)NCC(=O)O)C(=O)O. The molecule has 1 aromatic heterocycles. The van der Waals surface area contributed by atoms with Gasteiger partial charge in [-0.2, -0.15) is 0 Å². The second-order valence-corrected chi connectivity index (χ2v) is 6.93. The minimum Gasteiger partial charge on any atom is -0.481 e. The number of nitrogens with one attached hydrogen (secondary N) is 2. The number of nitrogens with zero attached hydrogens (tertiary/aromatic N) is 1. The van der Waals surface area contributed by atoms with E-state index in [0.717, 1.165) is 5.03 Å². The molecule has 0 radical (unpaired) electrons. The first-order chi connectivity index (χ1) is 12.8. The highest BCUT2D eigenvalue weighted by molar-refractivity contribution is 7.99. The van der Waals surface area contributed by atoms with E-state index in [0.29, 0.717) is 5.75 Å². The van der Waals surface area contributed by atoms with Gasteiger partial charge in [-0.3, -0.25) is 19.2 Å². The Morgan fingerprint density at radius 1 is 1.19 bits per heavy atom. The van der Waals surface area contributed by atoms with Crippen LogP contribution in [0.2, 0.25) is 0 Å². The largest absolute Gasteiger partial charge is 0.481 e. The maximum absolute atomic E-state index is 12.2. The molecule has 10 heteroatoms. The summed E-state index contributed by atoms with van der Waals surface area (Å²) in [6, 6.07) is 4.52. The van der Waals surface area contributed by atoms with Gasteiger partial charge in [0.2, 0.25) is 11.8 Å². The van der Waals surface area contributed by atoms with Crippen LogP contribution in [0.15, 0.2) is 29.4 Å². The van der Waals surface area contributed by atoms with Crippen molar-refractivity contribution in [3.63, 3.8) is 0 Å². The highest BCUT2D eigenvalue weighted by Gasteiger charge is 2.22. The van der Waals surface area contributed by atoms with Crippen LogP contribution in [0.25, 0.3) is 0 Å². The van der Waals surface area contributed by atoms with Crippen molar-refractivity contribution < 1.29 is 29.4 Å². The van der Waals surface area contributed by atoms with Crippen LogP contribution in [0.3, 0.4) is 0 Å². The maximum atomic E-state index is 12.2. The number of aromatic nitrogens is 1. The predicted octanol–water partition coefficient (Wildman–Crippen LogP) is 0.750. The van der Waals surface area contributed by atoms with Crippen LogP contribution in [-0.2, 0) is 19.2 Å². The molecule has 0 aliphatic heterocycles. The Labute approximate surface area is 160 Å². The molecular weight excluding hydrogens is 374 g/mol. The van der Waals surface area contributed by atoms with Gasteiger partial charge < -0.3 is 20.8 Å². The van der Waals surface area contributed by atoms with Crippen molar-refractivity contribution in [1.82, 2.24) is 15.6 Å². The summed E-state index contributed by atoms with van der Waals surface area (Å²) in [4.78, 5) is 49.8. The predicted molar refractivity (Wildman–Crippen MR) is 98.2 cm³/mol. The lowest BCUT2D eigenvalue weighted by molar-refractivity contribution is -0.141. The molecule has 0 spiro atoms. The number of carbonyl (C=O) groups is 4. The van der Waals surface area contributed by atoms with Crippen LogP contribution in [-0.4, -0.2) is 57.3 Å². The topological polar surface area (TPSA) is 146 Å². The Hall–Kier alpha value is -2.62. The van der Waals surface area contributed by atoms with Gasteiger partial charge in [-0.1, -0.05) is 13.0 Å². The molecule has 1 aromatic rings. The van der Waals surface area contributed by atoms with Gasteiger partial charge in [-0.15, -0.1) is 11.8 Å². The van der Waals surface area contributed by atoms with E-state index in [1.807, 2.05) is 12.1 Å². The van der Waals surface area contributed by atoms with Crippen molar-refractivity contribution in [2.24, 2.45) is 5.92 Å². The molecule has 0 bridgehead atoms. The van der Waals surface area contributed by atoms with Gasteiger partial charge in [-0.05, 0) is 25.0 Å². The van der Waals surface area contributed by atoms with Crippen molar-refractivity contribution in [1.29, 1.82) is 0 Å². The third-order valence-electron chi connectivity index (χ3n) is 3.59. The Balaban J connectivity index is 2.58. The molecule has 0 aromatic carbocycles. The number of pyridine rings is 1. The molecule has 0 saturated carbocycles. The van der Waals surface area contributed by atoms with Crippen LogP contribution in [0, 0.1) is 5.92 Å². The second-order valence-electron chi connectivity index (χ2n) is 5.81. The van der Waals surface area contributed by atoms with Crippen LogP contribution in [0.5, 0.6) is 0 Å². The van der Waals surface area contributed by atoms with Gasteiger partial charge in [0.1, 0.15) is 12.6 Å². The minimum absolute atomic E-state index is 0.0381. The summed E-state index contributed by atoms with van der Waals surface area (Å²) in [5.41, 5.74) is 0. The summed E-state index contributed by atoms with van der Waals surface area (Å²) in [7, 11) is 0. The average Bonchev–Trinajstić information content (AvgIpc) is 2.64. The third-order valence-corrected chi connectivity index (χ3v) is 4.56. The number of rotatable bonds is 12. The molecule has 27 heavy (non-hydrogen) atoms. The van der Waals surface area contributed by atoms with Crippen LogP contribution in [0.1, 0.15) is 26.2 Å². The van der Waals surface area contributed by atoms with E-state index in [1.54, 1.807) is 12.3 Å². The van der Waals surface area contributed by atoms with E-state index < -0.39 is 42.3 Å². The summed E-state index contributed by atoms with van der Waals surface area (Å²) < 4.78 is 0. The first kappa shape index (κ1) is 22.4. The second kappa shape index (κ2) is 11.9. The van der Waals surface area contributed by atoms with Crippen molar-refractivity contribution in [3.8, 4) is 0 Å². The van der Waals surface area contributed by atoms with Crippen molar-refractivity contribution in [3.05, 3.63) is 24.4 Å². The Morgan fingerprint density at radius 2 is 1.93 bits per heavy atom. The molecule has 148 valence electrons. The number of carbonyl (C=O) groups excluding carboxylic acids is 2. The fourth-order valence-electron chi connectivity index (χ4n) is 2.01. The molecule has 2 atom stereocenters. The van der Waals surface area contributed by atoms with E-state index in [9.17, 15) is 19.2 Å². The molecule has 0 fully saturated rings. The lowest BCUT2D eigenvalue weighted by Gasteiger charge is -2.18. The molecule has 1 rings (SSSR count). The molecular formula is C17H23N3O6S. The molecule has 4 N–H and O–H groups in total. The summed E-state index contributed by atoms with van der Waals surface area (Å²) in [5, 5.41) is 23.1. The molecule has 0 aliphatic rings. The van der Waals surface area contributed by atoms with Crippen molar-refractivity contribution >= 4 is 35.5 Å². The normalized spacial score (nSPS) is 12.6. The van der Waals surface area contributed by atoms with Gasteiger partial charge in [-0.25, -0.2) is 4.98 Å². The number of hydrogen-bond acceptors (Lipinski definition) is 6. The van der Waals surface area contributed by atoms with Crippen LogP contribution >= 0.6 is 11.8 Å². The first-order valence-corrected chi connectivity index (χ1v) is 9.33. The average molecular weight is 397 g/mol. The number of carboxylic acid groups (broad SMARTS) is 2. The summed E-state index contributed by atoms with van der Waals surface area (Å²) in [6.07, 6.45) is 2.02. The fraction of sp³-hybridized carbons (Fsp3) is 0.471. The van der Waals surface area contributed by atoms with E-state index >= 15 is 0 Å². The molecule has 2 amide bonds. The molecule has 2 unspecified atom stereocenters. The Bertz CT molecular complexity index is 655. The minimum atomic E-state index is -1.19. The van der Waals surface area contributed by atoms with Crippen molar-refractivity contribution in [2.45, 2.75) is 37.3 Å². The summed E-state index contributed by atoms with van der Waals surface area (Å²) >= 11 is 1.40. The number of amides is 2. The van der Waals surface area contributed by atoms with Gasteiger partial charge >= 0.3 is 11.9 Å². The summed E-state index contributed by atoms with van der Waals surface area (Å²) in [6.45, 7) is 0.949. The Kier molecular flexibility index (Phi) is 9.88. The van der Waals surface area contributed by atoms with E-state index in [2.05, 4.69) is 15.6 Å². The van der Waals surface area contributed by atoms with Gasteiger partial charge in [0.15, 0.2) is 0 Å². The van der Waals surface area contributed by atoms with Gasteiger partial charge in [0.05, 0.1) is 10.9 Å². The standard InChI is InChI=1S/C17H23N3O6S/c1-11(17(25)26)5-6-13(21)20-12(16(24)19-10-15(22)23)7-9-27-14-4-2-3-8-18-14/h2-4,8,11-12H,5-7,9-10H2,1H3,(H,19,24)(H,20,21)(H,22,23)(H,25,26). The quantitative estimate of drug-likeness (QED) is 0.378. The maximum Gasteiger partial charge on any atom is 0.322 e. The van der Waals surface area contributed by atoms with Gasteiger partial charge in [0.25, 0.3) is 0 Å². The van der Waals surface area contributed by atoms with Crippen molar-refractivity contribution in [2.75, 3.05) is 12.3 Å². The highest BCUT2D eigenvalue weighted by Crippen LogP contribution is 2.16. The number of thioether (sulfide) groups is 1. The zero-order valence-corrected chi connectivity index (χ0v) is 15.7. The zero-order valence-electron chi connectivity index (χ0n) is 14.9. The number of hydrogen-bond donors (Lipinski definition) is 4. The monoisotopic (exact) mass is 397 g/mol. The Morgan fingerprint density at radius 3 is 2.52 bits per heavy atom. The molecule has 0 saturated heterocycles. The third kappa shape index (κ3) is 9.59. The van der Waals surface area contributed by atoms with Gasteiger partial charge in [0, 0.05) is 18.4 Å². The lowest BCUT2D eigenvalue weighted by atomic mass is 10.1. The lowest BCUT2D eigenvalue weighted by Crippen LogP contribution is -2.48. The molecule has 1 heterocycles. The first-order valence-electron chi connectivity index (χ1n) is 8.35. The summed E-state index contributed by atoms with van der Waals surface area (Å²) in [5.74, 6) is -3.43. The van der Waals surface area contributed by atoms with E-state index in [1.165, 1.54) is 18.7 Å². The smallest absolute Gasteiger partial charge is 0.322 e. The molecule has 0 aliphatic carbocycles. The zero-order chi connectivity index (χ0) is 20.2. The fourth-order valence-corrected chi connectivity index (χ4v) is 2.88. The van der Waals surface area contributed by atoms with E-state index in [-0.39, 0.29) is 19.3 Å². The van der Waals surface area contributed by atoms with E-state index in [4.69, 9.17) is 10.2 Å². The van der Waals surface area contributed by atoms with Crippen LogP contribution in [0.4, 0.5) is 0 Å².